The summed E-state index contributed by atoms with van der Waals surface area (Å²) in [4.78, 5) is 2.19. The highest BCUT2D eigenvalue weighted by Crippen LogP contribution is 2.18. The van der Waals surface area contributed by atoms with E-state index in [4.69, 9.17) is 11.2 Å². The minimum atomic E-state index is 0.0961. The third-order valence-electron chi connectivity index (χ3n) is 3.21. The predicted molar refractivity (Wildman–Crippen MR) is 89.5 cm³/mol. The molecule has 21 heavy (non-hydrogen) atoms. The number of hydrogen-bond donors (Lipinski definition) is 1. The Morgan fingerprint density at radius 3 is 2.62 bits per heavy atom. The summed E-state index contributed by atoms with van der Waals surface area (Å²) in [7, 11) is 0. The van der Waals surface area contributed by atoms with E-state index in [0.29, 0.717) is 13.2 Å². The van der Waals surface area contributed by atoms with E-state index in [1.54, 1.807) is 0 Å². The van der Waals surface area contributed by atoms with Crippen LogP contribution in [0.4, 0.5) is 0 Å². The lowest BCUT2D eigenvalue weighted by atomic mass is 10.1. The normalized spacial score (nSPS) is 11.4. The van der Waals surface area contributed by atoms with E-state index in [9.17, 15) is 0 Å². The molecule has 0 bridgehead atoms. The van der Waals surface area contributed by atoms with Crippen LogP contribution in [-0.2, 0) is 6.54 Å². The number of para-hydroxylation sites is 1. The topological polar surface area (TPSA) is 24.5 Å². The fourth-order valence-electron chi connectivity index (χ4n) is 1.91. The van der Waals surface area contributed by atoms with Crippen molar-refractivity contribution >= 4 is 0 Å². The van der Waals surface area contributed by atoms with E-state index in [1.165, 1.54) is 5.56 Å². The first-order valence-electron chi connectivity index (χ1n) is 7.58. The van der Waals surface area contributed by atoms with E-state index in [1.807, 2.05) is 18.2 Å². The second-order valence-electron chi connectivity index (χ2n) is 6.13. The monoisotopic (exact) mass is 288 g/mol. The van der Waals surface area contributed by atoms with Crippen molar-refractivity contribution in [3.63, 3.8) is 0 Å². The highest BCUT2D eigenvalue weighted by Gasteiger charge is 2.11. The average molecular weight is 288 g/mol. The molecule has 0 aliphatic heterocycles. The minimum absolute atomic E-state index is 0.0961. The van der Waals surface area contributed by atoms with Crippen LogP contribution in [0.15, 0.2) is 24.3 Å². The predicted octanol–water partition coefficient (Wildman–Crippen LogP) is 2.91. The summed E-state index contributed by atoms with van der Waals surface area (Å²) in [5.41, 5.74) is 1.28. The molecule has 1 aromatic carbocycles. The Kier molecular flexibility index (Phi) is 7.28. The van der Waals surface area contributed by atoms with Crippen molar-refractivity contribution < 1.29 is 4.74 Å². The van der Waals surface area contributed by atoms with Gasteiger partial charge in [-0.15, -0.1) is 6.42 Å². The van der Waals surface area contributed by atoms with Crippen LogP contribution in [-0.4, -0.2) is 36.7 Å². The van der Waals surface area contributed by atoms with E-state index < -0.39 is 0 Å². The molecule has 116 valence electrons. The molecular formula is C18H28N2O. The van der Waals surface area contributed by atoms with Gasteiger partial charge in [-0.25, -0.2) is 0 Å². The summed E-state index contributed by atoms with van der Waals surface area (Å²) < 4.78 is 5.93. The number of nitrogens with zero attached hydrogens (tertiary/aromatic N) is 1. The lowest BCUT2D eigenvalue weighted by Crippen LogP contribution is -2.35. The summed E-state index contributed by atoms with van der Waals surface area (Å²) in [6.45, 7) is 12.5. The molecule has 1 rings (SSSR count). The van der Waals surface area contributed by atoms with Crippen LogP contribution < -0.4 is 10.1 Å². The van der Waals surface area contributed by atoms with Crippen LogP contribution in [0.1, 0.15) is 33.3 Å². The number of nitrogens with one attached hydrogen (secondary N) is 1. The Labute approximate surface area is 129 Å². The van der Waals surface area contributed by atoms with Gasteiger partial charge in [-0.1, -0.05) is 31.0 Å². The largest absolute Gasteiger partial charge is 0.492 e. The van der Waals surface area contributed by atoms with Crippen LogP contribution in [0.2, 0.25) is 0 Å². The van der Waals surface area contributed by atoms with Gasteiger partial charge in [-0.3, -0.25) is 4.90 Å². The first kappa shape index (κ1) is 17.6. The van der Waals surface area contributed by atoms with E-state index in [-0.39, 0.29) is 5.54 Å². The van der Waals surface area contributed by atoms with Gasteiger partial charge in [0.05, 0.1) is 6.54 Å². The molecule has 0 atom stereocenters. The molecule has 0 unspecified atom stereocenters. The molecule has 0 heterocycles. The first-order chi connectivity index (χ1) is 9.96. The molecule has 0 amide bonds. The van der Waals surface area contributed by atoms with Crippen molar-refractivity contribution in [1.82, 2.24) is 10.2 Å². The molecule has 0 saturated carbocycles. The van der Waals surface area contributed by atoms with Gasteiger partial charge in [-0.05, 0) is 33.4 Å². The van der Waals surface area contributed by atoms with Crippen molar-refractivity contribution in [1.29, 1.82) is 0 Å². The van der Waals surface area contributed by atoms with Crippen molar-refractivity contribution in [3.8, 4) is 18.1 Å². The molecule has 1 aromatic rings. The lowest BCUT2D eigenvalue weighted by Gasteiger charge is -2.22. The number of likely N-dealkylation sites (N-methyl/N-ethyl adjacent to an activating group) is 1. The summed E-state index contributed by atoms with van der Waals surface area (Å²) >= 11 is 0. The van der Waals surface area contributed by atoms with Crippen molar-refractivity contribution in [2.45, 2.75) is 39.8 Å². The van der Waals surface area contributed by atoms with E-state index in [0.717, 1.165) is 25.4 Å². The fraction of sp³-hybridized carbons (Fsp3) is 0.556. The smallest absolute Gasteiger partial charge is 0.123 e. The second-order valence-corrected chi connectivity index (χ2v) is 6.13. The van der Waals surface area contributed by atoms with Gasteiger partial charge in [-0.2, -0.15) is 0 Å². The molecule has 1 N–H and O–H groups in total. The average Bonchev–Trinajstić information content (AvgIpc) is 2.44. The van der Waals surface area contributed by atoms with Crippen LogP contribution in [0, 0.1) is 12.3 Å². The molecule has 0 saturated heterocycles. The Balaban J connectivity index is 2.53. The molecule has 0 fully saturated rings. The molecular weight excluding hydrogens is 260 g/mol. The van der Waals surface area contributed by atoms with Gasteiger partial charge in [0.2, 0.25) is 0 Å². The van der Waals surface area contributed by atoms with Gasteiger partial charge in [0.25, 0.3) is 0 Å². The third kappa shape index (κ3) is 7.17. The minimum Gasteiger partial charge on any atom is -0.492 e. The first-order valence-corrected chi connectivity index (χ1v) is 7.58. The quantitative estimate of drug-likeness (QED) is 0.744. The van der Waals surface area contributed by atoms with E-state index >= 15 is 0 Å². The molecule has 3 nitrogen and oxygen atoms in total. The van der Waals surface area contributed by atoms with E-state index in [2.05, 4.69) is 49.9 Å². The second kappa shape index (κ2) is 8.71. The number of rotatable bonds is 8. The third-order valence-corrected chi connectivity index (χ3v) is 3.21. The summed E-state index contributed by atoms with van der Waals surface area (Å²) in [6.07, 6.45) is 5.35. The maximum atomic E-state index is 5.93. The highest BCUT2D eigenvalue weighted by molar-refractivity contribution is 5.33. The fourth-order valence-corrected chi connectivity index (χ4v) is 1.91. The van der Waals surface area contributed by atoms with Crippen LogP contribution >= 0.6 is 0 Å². The van der Waals surface area contributed by atoms with Gasteiger partial charge in [0, 0.05) is 24.2 Å². The van der Waals surface area contributed by atoms with Gasteiger partial charge in [0.15, 0.2) is 0 Å². The maximum Gasteiger partial charge on any atom is 0.123 e. The van der Waals surface area contributed by atoms with Gasteiger partial charge in [0.1, 0.15) is 12.4 Å². The molecule has 0 radical (unpaired) electrons. The summed E-state index contributed by atoms with van der Waals surface area (Å²) in [6, 6.07) is 8.18. The van der Waals surface area contributed by atoms with Crippen LogP contribution in [0.25, 0.3) is 0 Å². The molecule has 0 aliphatic carbocycles. The zero-order chi connectivity index (χ0) is 15.7. The Bertz CT molecular complexity index is 457. The number of benzene rings is 1. The van der Waals surface area contributed by atoms with Crippen molar-refractivity contribution in [2.75, 3.05) is 26.2 Å². The molecule has 3 heteroatoms. The van der Waals surface area contributed by atoms with Gasteiger partial charge >= 0.3 is 0 Å². The standard InChI is InChI=1S/C18H28N2O/c1-6-12-20(7-2)13-14-21-17-11-9-8-10-16(17)15-19-18(3,4)5/h1,8-11,19H,7,12-15H2,2-5H3. The summed E-state index contributed by atoms with van der Waals surface area (Å²) in [5, 5.41) is 3.49. The van der Waals surface area contributed by atoms with Crippen molar-refractivity contribution in [3.05, 3.63) is 29.8 Å². The van der Waals surface area contributed by atoms with Crippen LogP contribution in [0.3, 0.4) is 0 Å². The molecule has 0 aromatic heterocycles. The molecule has 0 spiro atoms. The number of ether oxygens (including phenoxy) is 1. The zero-order valence-corrected chi connectivity index (χ0v) is 13.8. The van der Waals surface area contributed by atoms with Crippen LogP contribution in [0.5, 0.6) is 5.75 Å². The molecule has 0 aliphatic rings. The zero-order valence-electron chi connectivity index (χ0n) is 13.8. The van der Waals surface area contributed by atoms with Crippen molar-refractivity contribution in [2.24, 2.45) is 0 Å². The number of terminal acetylenes is 1. The highest BCUT2D eigenvalue weighted by atomic mass is 16.5. The maximum absolute atomic E-state index is 5.93. The van der Waals surface area contributed by atoms with Gasteiger partial charge < -0.3 is 10.1 Å². The Hall–Kier alpha value is -1.50. The SMILES string of the molecule is C#CCN(CC)CCOc1ccccc1CNC(C)(C)C. The number of hydrogen-bond acceptors (Lipinski definition) is 3. The summed E-state index contributed by atoms with van der Waals surface area (Å²) in [5.74, 6) is 3.63. The lowest BCUT2D eigenvalue weighted by molar-refractivity contribution is 0.230. The Morgan fingerprint density at radius 1 is 1.29 bits per heavy atom. The Morgan fingerprint density at radius 2 is 2.00 bits per heavy atom.